The van der Waals surface area contributed by atoms with Crippen molar-refractivity contribution in [1.29, 1.82) is 0 Å². The molecule has 0 unspecified atom stereocenters. The molecule has 116 valence electrons. The van der Waals surface area contributed by atoms with Gasteiger partial charge in [-0.1, -0.05) is 6.92 Å². The number of rotatable bonds is 7. The fraction of sp³-hybridized carbons (Fsp3) is 0.933. The van der Waals surface area contributed by atoms with Crippen LogP contribution in [0.1, 0.15) is 39.0 Å². The number of carbonyl (C=O) groups is 1. The van der Waals surface area contributed by atoms with E-state index in [9.17, 15) is 4.79 Å². The molecule has 0 aromatic rings. The van der Waals surface area contributed by atoms with Gasteiger partial charge in [0.2, 0.25) is 0 Å². The largest absolute Gasteiger partial charge is 0.336 e. The van der Waals surface area contributed by atoms with Crippen molar-refractivity contribution in [2.24, 2.45) is 0 Å². The van der Waals surface area contributed by atoms with E-state index in [2.05, 4.69) is 29.5 Å². The number of nitrogens with one attached hydrogen (secondary N) is 2. The highest BCUT2D eigenvalue weighted by molar-refractivity contribution is 5.76. The molecule has 20 heavy (non-hydrogen) atoms. The molecular weight excluding hydrogens is 252 g/mol. The molecular formula is C15H30N4O. The van der Waals surface area contributed by atoms with E-state index in [1.165, 1.54) is 32.1 Å². The first-order valence-corrected chi connectivity index (χ1v) is 8.17. The number of hydrogen-bond acceptors (Lipinski definition) is 3. The van der Waals surface area contributed by atoms with Crippen LogP contribution in [0.3, 0.4) is 0 Å². The highest BCUT2D eigenvalue weighted by Crippen LogP contribution is 2.22. The molecule has 0 aromatic carbocycles. The first-order valence-electron chi connectivity index (χ1n) is 8.17. The predicted molar refractivity (Wildman–Crippen MR) is 81.9 cm³/mol. The molecule has 1 saturated carbocycles. The molecule has 0 atom stereocenters. The molecule has 2 amide bonds. The Kier molecular flexibility index (Phi) is 6.10. The predicted octanol–water partition coefficient (Wildman–Crippen LogP) is 1.25. The molecule has 2 rings (SSSR count). The van der Waals surface area contributed by atoms with Crippen LogP contribution in [0.5, 0.6) is 0 Å². The third kappa shape index (κ3) is 4.35. The molecule has 2 N–H and O–H groups in total. The molecule has 5 heteroatoms. The first kappa shape index (κ1) is 15.6. The molecule has 0 bridgehead atoms. The number of likely N-dealkylation sites (N-methyl/N-ethyl adjacent to an activating group) is 1. The van der Waals surface area contributed by atoms with Gasteiger partial charge in [0.05, 0.1) is 0 Å². The molecule has 1 aliphatic heterocycles. The molecule has 0 radical (unpaired) electrons. The lowest BCUT2D eigenvalue weighted by molar-refractivity contribution is 0.158. The Morgan fingerprint density at radius 1 is 1.35 bits per heavy atom. The van der Waals surface area contributed by atoms with Crippen molar-refractivity contribution in [3.05, 3.63) is 0 Å². The van der Waals surface area contributed by atoms with Gasteiger partial charge in [-0.05, 0) is 45.7 Å². The maximum atomic E-state index is 11.5. The van der Waals surface area contributed by atoms with E-state index < -0.39 is 0 Å². The Morgan fingerprint density at radius 3 is 2.70 bits per heavy atom. The summed E-state index contributed by atoms with van der Waals surface area (Å²) in [5.41, 5.74) is 0. The average molecular weight is 282 g/mol. The van der Waals surface area contributed by atoms with Crippen molar-refractivity contribution in [3.8, 4) is 0 Å². The van der Waals surface area contributed by atoms with Gasteiger partial charge in [0.15, 0.2) is 0 Å². The fourth-order valence-electron chi connectivity index (χ4n) is 3.25. The van der Waals surface area contributed by atoms with E-state index in [0.717, 1.165) is 38.8 Å². The summed E-state index contributed by atoms with van der Waals surface area (Å²) in [6.07, 6.45) is 6.37. The summed E-state index contributed by atoms with van der Waals surface area (Å²) in [5, 5.41) is 6.49. The van der Waals surface area contributed by atoms with Crippen LogP contribution in [0.15, 0.2) is 0 Å². The molecule has 1 aliphatic carbocycles. The van der Waals surface area contributed by atoms with Crippen molar-refractivity contribution >= 4 is 6.03 Å². The van der Waals surface area contributed by atoms with Gasteiger partial charge >= 0.3 is 6.03 Å². The molecule has 2 aliphatic rings. The standard InChI is InChI=1S/C15H30N4O/c1-3-8-16-13-4-6-14(7-5-13)18(2)11-12-19-10-9-17-15(19)20/h13-14,16H,3-12H2,1-2H3,(H,17,20). The molecule has 2 fully saturated rings. The van der Waals surface area contributed by atoms with Crippen LogP contribution in [-0.2, 0) is 0 Å². The number of amides is 2. The lowest BCUT2D eigenvalue weighted by Gasteiger charge is -2.35. The minimum absolute atomic E-state index is 0.103. The second-order valence-electron chi connectivity index (χ2n) is 6.16. The fourth-order valence-corrected chi connectivity index (χ4v) is 3.25. The third-order valence-corrected chi connectivity index (χ3v) is 4.67. The van der Waals surface area contributed by atoms with Gasteiger partial charge in [-0.2, -0.15) is 0 Å². The summed E-state index contributed by atoms with van der Waals surface area (Å²) in [4.78, 5) is 15.9. The second-order valence-corrected chi connectivity index (χ2v) is 6.16. The number of nitrogens with zero attached hydrogens (tertiary/aromatic N) is 2. The van der Waals surface area contributed by atoms with Crippen LogP contribution < -0.4 is 10.6 Å². The van der Waals surface area contributed by atoms with Crippen LogP contribution in [0.4, 0.5) is 4.79 Å². The first-order chi connectivity index (χ1) is 9.70. The minimum atomic E-state index is 0.103. The van der Waals surface area contributed by atoms with E-state index in [0.29, 0.717) is 6.04 Å². The number of urea groups is 1. The highest BCUT2D eigenvalue weighted by atomic mass is 16.2. The van der Waals surface area contributed by atoms with Crippen LogP contribution in [0.25, 0.3) is 0 Å². The Morgan fingerprint density at radius 2 is 2.10 bits per heavy atom. The van der Waals surface area contributed by atoms with Crippen LogP contribution in [-0.4, -0.2) is 67.7 Å². The van der Waals surface area contributed by atoms with E-state index in [1.54, 1.807) is 0 Å². The van der Waals surface area contributed by atoms with Gasteiger partial charge in [-0.15, -0.1) is 0 Å². The molecule has 1 saturated heterocycles. The van der Waals surface area contributed by atoms with Gasteiger partial charge in [0.1, 0.15) is 0 Å². The minimum Gasteiger partial charge on any atom is -0.336 e. The summed E-state index contributed by atoms with van der Waals surface area (Å²) in [6.45, 7) is 6.88. The van der Waals surface area contributed by atoms with E-state index in [4.69, 9.17) is 0 Å². The zero-order chi connectivity index (χ0) is 14.4. The summed E-state index contributed by atoms with van der Waals surface area (Å²) in [6, 6.07) is 1.52. The maximum absolute atomic E-state index is 11.5. The molecule has 0 aromatic heterocycles. The average Bonchev–Trinajstić information content (AvgIpc) is 2.88. The van der Waals surface area contributed by atoms with E-state index in [-0.39, 0.29) is 6.03 Å². The normalized spacial score (nSPS) is 27.1. The van der Waals surface area contributed by atoms with Crippen LogP contribution >= 0.6 is 0 Å². The summed E-state index contributed by atoms with van der Waals surface area (Å²) in [7, 11) is 2.21. The topological polar surface area (TPSA) is 47.6 Å². The van der Waals surface area contributed by atoms with Gasteiger partial charge in [0.25, 0.3) is 0 Å². The van der Waals surface area contributed by atoms with Crippen molar-refractivity contribution < 1.29 is 4.79 Å². The van der Waals surface area contributed by atoms with Crippen LogP contribution in [0, 0.1) is 0 Å². The Balaban J connectivity index is 1.64. The van der Waals surface area contributed by atoms with Crippen molar-refractivity contribution in [2.75, 3.05) is 39.8 Å². The van der Waals surface area contributed by atoms with Crippen molar-refractivity contribution in [2.45, 2.75) is 51.1 Å². The Bertz CT molecular complexity index is 302. The summed E-state index contributed by atoms with van der Waals surface area (Å²) in [5.74, 6) is 0. The highest BCUT2D eigenvalue weighted by Gasteiger charge is 2.25. The number of carbonyl (C=O) groups excluding carboxylic acids is 1. The lowest BCUT2D eigenvalue weighted by atomic mass is 9.90. The van der Waals surface area contributed by atoms with Gasteiger partial charge in [0, 0.05) is 38.3 Å². The monoisotopic (exact) mass is 282 g/mol. The third-order valence-electron chi connectivity index (χ3n) is 4.67. The quantitative estimate of drug-likeness (QED) is 0.739. The second kappa shape index (κ2) is 7.84. The van der Waals surface area contributed by atoms with Gasteiger partial charge < -0.3 is 20.4 Å². The van der Waals surface area contributed by atoms with Crippen molar-refractivity contribution in [1.82, 2.24) is 20.4 Å². The Hall–Kier alpha value is -0.810. The molecule has 1 heterocycles. The molecule has 0 spiro atoms. The van der Waals surface area contributed by atoms with E-state index in [1.807, 2.05) is 4.90 Å². The summed E-state index contributed by atoms with van der Waals surface area (Å²) < 4.78 is 0. The smallest absolute Gasteiger partial charge is 0.317 e. The number of hydrogen-bond donors (Lipinski definition) is 2. The zero-order valence-corrected chi connectivity index (χ0v) is 13.0. The van der Waals surface area contributed by atoms with Crippen molar-refractivity contribution in [3.63, 3.8) is 0 Å². The zero-order valence-electron chi connectivity index (χ0n) is 13.0. The lowest BCUT2D eigenvalue weighted by Crippen LogP contribution is -2.44. The van der Waals surface area contributed by atoms with E-state index >= 15 is 0 Å². The maximum Gasteiger partial charge on any atom is 0.317 e. The van der Waals surface area contributed by atoms with Crippen LogP contribution in [0.2, 0.25) is 0 Å². The SMILES string of the molecule is CCCNC1CCC(N(C)CCN2CCNC2=O)CC1. The van der Waals surface area contributed by atoms with Gasteiger partial charge in [-0.3, -0.25) is 0 Å². The summed E-state index contributed by atoms with van der Waals surface area (Å²) >= 11 is 0. The Labute approximate surface area is 123 Å². The van der Waals surface area contributed by atoms with Gasteiger partial charge in [-0.25, -0.2) is 4.79 Å². The molecule has 5 nitrogen and oxygen atoms in total.